The number of hydrogen-bond donors (Lipinski definition) is 1. The van der Waals surface area contributed by atoms with Gasteiger partial charge in [-0.15, -0.1) is 24.8 Å². The van der Waals surface area contributed by atoms with E-state index in [4.69, 9.17) is 16.0 Å². The number of benzene rings is 2. The second-order valence-electron chi connectivity index (χ2n) is 7.19. The third-order valence-electron chi connectivity index (χ3n) is 5.19. The van der Waals surface area contributed by atoms with Gasteiger partial charge in [0.05, 0.1) is 6.54 Å². The maximum atomic E-state index is 5.98. The van der Waals surface area contributed by atoms with Crippen molar-refractivity contribution in [3.63, 3.8) is 0 Å². The Balaban J connectivity index is 0.00000150. The maximum absolute atomic E-state index is 5.98. The highest BCUT2D eigenvalue weighted by atomic mass is 35.5. The molecule has 0 radical (unpaired) electrons. The van der Waals surface area contributed by atoms with Crippen molar-refractivity contribution in [3.8, 4) is 11.3 Å². The molecule has 156 valence electrons. The molecule has 1 N–H and O–H groups in total. The Bertz CT molecular complexity index is 844. The number of hydrogen-bond acceptors (Lipinski definition) is 3. The topological polar surface area (TPSA) is 28.4 Å². The van der Waals surface area contributed by atoms with Crippen LogP contribution in [0.3, 0.4) is 0 Å². The summed E-state index contributed by atoms with van der Waals surface area (Å²) in [6.45, 7) is 4.11. The van der Waals surface area contributed by atoms with Gasteiger partial charge in [0.15, 0.2) is 0 Å². The Labute approximate surface area is 190 Å². The molecule has 6 heteroatoms. The fourth-order valence-corrected chi connectivity index (χ4v) is 3.75. The molecule has 0 amide bonds. The van der Waals surface area contributed by atoms with Gasteiger partial charge in [-0.2, -0.15) is 0 Å². The largest absolute Gasteiger partial charge is 0.460 e. The molecular weight excluding hydrogens is 427 g/mol. The van der Waals surface area contributed by atoms with E-state index in [1.165, 1.54) is 18.4 Å². The van der Waals surface area contributed by atoms with Crippen molar-refractivity contribution in [1.29, 1.82) is 0 Å². The quantitative estimate of drug-likeness (QED) is 0.482. The monoisotopic (exact) mass is 452 g/mol. The van der Waals surface area contributed by atoms with Gasteiger partial charge in [-0.25, -0.2) is 0 Å². The van der Waals surface area contributed by atoms with Gasteiger partial charge in [0.2, 0.25) is 0 Å². The molecule has 1 fully saturated rings. The van der Waals surface area contributed by atoms with Crippen LogP contribution in [0.2, 0.25) is 5.02 Å². The summed E-state index contributed by atoms with van der Waals surface area (Å²) in [7, 11) is 0. The van der Waals surface area contributed by atoms with Crippen molar-refractivity contribution >= 4 is 36.4 Å². The predicted molar refractivity (Wildman–Crippen MR) is 125 cm³/mol. The molecule has 1 aromatic heterocycles. The van der Waals surface area contributed by atoms with Crippen molar-refractivity contribution in [1.82, 2.24) is 10.2 Å². The lowest BCUT2D eigenvalue weighted by molar-refractivity contribution is 0.189. The third-order valence-corrected chi connectivity index (χ3v) is 5.44. The van der Waals surface area contributed by atoms with Crippen molar-refractivity contribution in [2.45, 2.75) is 32.0 Å². The fourth-order valence-electron chi connectivity index (χ4n) is 3.62. The lowest BCUT2D eigenvalue weighted by Crippen LogP contribution is -2.41. The van der Waals surface area contributed by atoms with E-state index >= 15 is 0 Å². The highest BCUT2D eigenvalue weighted by molar-refractivity contribution is 6.30. The van der Waals surface area contributed by atoms with Crippen LogP contribution >= 0.6 is 36.4 Å². The number of piperidine rings is 1. The number of furan rings is 1. The second kappa shape index (κ2) is 11.6. The van der Waals surface area contributed by atoms with Crippen LogP contribution in [0.5, 0.6) is 0 Å². The smallest absolute Gasteiger partial charge is 0.134 e. The first-order chi connectivity index (χ1) is 13.3. The minimum atomic E-state index is 0. The number of rotatable bonds is 6. The Morgan fingerprint density at radius 3 is 2.28 bits per heavy atom. The van der Waals surface area contributed by atoms with Crippen molar-refractivity contribution in [3.05, 3.63) is 83.1 Å². The van der Waals surface area contributed by atoms with Crippen LogP contribution in [0.4, 0.5) is 0 Å². The van der Waals surface area contributed by atoms with Crippen LogP contribution in [0.1, 0.15) is 24.2 Å². The van der Waals surface area contributed by atoms with E-state index in [1.54, 1.807) is 0 Å². The van der Waals surface area contributed by atoms with Gasteiger partial charge in [0, 0.05) is 23.2 Å². The maximum Gasteiger partial charge on any atom is 0.134 e. The van der Waals surface area contributed by atoms with E-state index in [9.17, 15) is 0 Å². The van der Waals surface area contributed by atoms with Gasteiger partial charge in [-0.1, -0.05) is 41.9 Å². The van der Waals surface area contributed by atoms with Gasteiger partial charge in [0.25, 0.3) is 0 Å². The number of nitrogens with one attached hydrogen (secondary N) is 1. The highest BCUT2D eigenvalue weighted by Crippen LogP contribution is 2.24. The van der Waals surface area contributed by atoms with E-state index in [1.807, 2.05) is 30.3 Å². The molecule has 1 saturated heterocycles. The molecule has 29 heavy (non-hydrogen) atoms. The summed E-state index contributed by atoms with van der Waals surface area (Å²) in [4.78, 5) is 2.54. The lowest BCUT2D eigenvalue weighted by atomic mass is 10.0. The molecule has 0 aliphatic carbocycles. The van der Waals surface area contributed by atoms with E-state index in [2.05, 4.69) is 46.6 Å². The number of halogens is 3. The first kappa shape index (κ1) is 23.8. The molecule has 0 unspecified atom stereocenters. The average molecular weight is 454 g/mol. The second-order valence-corrected chi connectivity index (χ2v) is 7.63. The number of nitrogens with zero attached hydrogens (tertiary/aromatic N) is 1. The van der Waals surface area contributed by atoms with Gasteiger partial charge in [0.1, 0.15) is 11.5 Å². The summed E-state index contributed by atoms with van der Waals surface area (Å²) in [5, 5.41) is 4.40. The molecular formula is C23H27Cl3N2O. The van der Waals surface area contributed by atoms with Crippen LogP contribution in [0, 0.1) is 0 Å². The molecule has 3 nitrogen and oxygen atoms in total. The minimum absolute atomic E-state index is 0. The molecule has 2 heterocycles. The summed E-state index contributed by atoms with van der Waals surface area (Å²) in [5.41, 5.74) is 2.45. The SMILES string of the molecule is Cl.Cl.Clc1ccc(-c2ccc(CNC3CCN(Cc4ccccc4)CC3)o2)cc1. The van der Waals surface area contributed by atoms with E-state index in [0.717, 1.165) is 48.3 Å². The molecule has 4 rings (SSSR count). The third kappa shape index (κ3) is 6.77. The first-order valence-electron chi connectivity index (χ1n) is 9.60. The lowest BCUT2D eigenvalue weighted by Gasteiger charge is -2.32. The van der Waals surface area contributed by atoms with Gasteiger partial charge in [-0.05, 0) is 67.9 Å². The Hall–Kier alpha value is -1.49. The van der Waals surface area contributed by atoms with Crippen LogP contribution in [-0.2, 0) is 13.1 Å². The summed E-state index contributed by atoms with van der Waals surface area (Å²) in [5.74, 6) is 1.87. The van der Waals surface area contributed by atoms with E-state index in [0.29, 0.717) is 6.04 Å². The zero-order valence-corrected chi connectivity index (χ0v) is 18.6. The van der Waals surface area contributed by atoms with Crippen LogP contribution in [0.15, 0.2) is 71.1 Å². The number of likely N-dealkylation sites (tertiary alicyclic amines) is 1. The Morgan fingerprint density at radius 1 is 0.897 bits per heavy atom. The zero-order valence-electron chi connectivity index (χ0n) is 16.2. The summed E-state index contributed by atoms with van der Waals surface area (Å²) in [6.07, 6.45) is 2.36. The highest BCUT2D eigenvalue weighted by Gasteiger charge is 2.19. The van der Waals surface area contributed by atoms with Crippen LogP contribution < -0.4 is 5.32 Å². The molecule has 0 spiro atoms. The van der Waals surface area contributed by atoms with Crippen molar-refractivity contribution < 1.29 is 4.42 Å². The molecule has 1 aliphatic heterocycles. The van der Waals surface area contributed by atoms with E-state index in [-0.39, 0.29) is 24.8 Å². The Morgan fingerprint density at radius 2 is 1.59 bits per heavy atom. The molecule has 0 bridgehead atoms. The van der Waals surface area contributed by atoms with Crippen LogP contribution in [-0.4, -0.2) is 24.0 Å². The summed E-state index contributed by atoms with van der Waals surface area (Å²) >= 11 is 5.95. The van der Waals surface area contributed by atoms with E-state index < -0.39 is 0 Å². The Kier molecular flexibility index (Phi) is 9.54. The van der Waals surface area contributed by atoms with Crippen LogP contribution in [0.25, 0.3) is 11.3 Å². The predicted octanol–water partition coefficient (Wildman–Crippen LogP) is 6.20. The summed E-state index contributed by atoms with van der Waals surface area (Å²) in [6, 6.07) is 23.1. The fraction of sp³-hybridized carbons (Fsp3) is 0.304. The normalized spacial score (nSPS) is 14.8. The van der Waals surface area contributed by atoms with Gasteiger partial charge >= 0.3 is 0 Å². The molecule has 0 atom stereocenters. The van der Waals surface area contributed by atoms with Gasteiger partial charge < -0.3 is 9.73 Å². The summed E-state index contributed by atoms with van der Waals surface area (Å²) < 4.78 is 5.98. The molecule has 1 aliphatic rings. The molecule has 3 aromatic rings. The molecule has 0 saturated carbocycles. The van der Waals surface area contributed by atoms with Crippen molar-refractivity contribution in [2.75, 3.05) is 13.1 Å². The van der Waals surface area contributed by atoms with Gasteiger partial charge in [-0.3, -0.25) is 4.90 Å². The average Bonchev–Trinajstić information content (AvgIpc) is 3.18. The van der Waals surface area contributed by atoms with Crippen molar-refractivity contribution in [2.24, 2.45) is 0 Å². The minimum Gasteiger partial charge on any atom is -0.460 e. The zero-order chi connectivity index (χ0) is 18.5. The first-order valence-corrected chi connectivity index (χ1v) is 9.98. The standard InChI is InChI=1S/C23H25ClN2O.2ClH/c24-20-8-6-19(7-9-20)23-11-10-22(27-23)16-25-21-12-14-26(15-13-21)17-18-4-2-1-3-5-18;;/h1-11,21,25H,12-17H2;2*1H. The molecule has 2 aromatic carbocycles.